The Morgan fingerprint density at radius 2 is 2.07 bits per heavy atom. The van der Waals surface area contributed by atoms with Crippen molar-refractivity contribution in [3.63, 3.8) is 0 Å². The minimum Gasteiger partial charge on any atom is -0.339 e. The van der Waals surface area contributed by atoms with Crippen LogP contribution in [-0.4, -0.2) is 48.8 Å². The summed E-state index contributed by atoms with van der Waals surface area (Å²) in [6.45, 7) is 7.19. The highest BCUT2D eigenvalue weighted by Crippen LogP contribution is 2.28. The van der Waals surface area contributed by atoms with E-state index in [0.29, 0.717) is 36.1 Å². The fourth-order valence-corrected chi connectivity index (χ4v) is 3.28. The first-order valence-corrected chi connectivity index (χ1v) is 9.22. The molecule has 2 amide bonds. The van der Waals surface area contributed by atoms with Crippen LogP contribution in [0.2, 0.25) is 0 Å². The number of carbonyl (C=O) groups is 1. The zero-order valence-electron chi connectivity index (χ0n) is 15.7. The summed E-state index contributed by atoms with van der Waals surface area (Å²) in [7, 11) is 0. The minimum atomic E-state index is -0.129. The van der Waals surface area contributed by atoms with Gasteiger partial charge in [-0.15, -0.1) is 0 Å². The zero-order valence-corrected chi connectivity index (χ0v) is 15.7. The van der Waals surface area contributed by atoms with E-state index in [1.54, 1.807) is 4.52 Å². The number of aromatic nitrogens is 5. The van der Waals surface area contributed by atoms with Crippen LogP contribution >= 0.6 is 0 Å². The van der Waals surface area contributed by atoms with Crippen LogP contribution in [0.15, 0.2) is 22.9 Å². The molecular weight excluding hydrogens is 346 g/mol. The third-order valence-electron chi connectivity index (χ3n) is 4.82. The quantitative estimate of drug-likeness (QED) is 0.761. The van der Waals surface area contributed by atoms with Crippen molar-refractivity contribution in [2.24, 2.45) is 0 Å². The van der Waals surface area contributed by atoms with Crippen LogP contribution in [0.25, 0.3) is 5.65 Å². The molecule has 1 aliphatic heterocycles. The van der Waals surface area contributed by atoms with Crippen molar-refractivity contribution in [1.29, 1.82) is 0 Å². The third kappa shape index (κ3) is 3.49. The maximum atomic E-state index is 12.7. The Labute approximate surface area is 156 Å². The van der Waals surface area contributed by atoms with Crippen molar-refractivity contribution in [3.8, 4) is 0 Å². The zero-order chi connectivity index (χ0) is 19.0. The number of aryl methyl sites for hydroxylation is 1. The fraction of sp³-hybridized carbons (Fsp3) is 0.500. The van der Waals surface area contributed by atoms with Crippen molar-refractivity contribution in [3.05, 3.63) is 35.9 Å². The van der Waals surface area contributed by atoms with E-state index in [2.05, 4.69) is 25.5 Å². The van der Waals surface area contributed by atoms with E-state index in [4.69, 9.17) is 4.52 Å². The summed E-state index contributed by atoms with van der Waals surface area (Å²) in [6.07, 6.45) is 3.43. The van der Waals surface area contributed by atoms with Gasteiger partial charge in [0.25, 0.3) is 0 Å². The summed E-state index contributed by atoms with van der Waals surface area (Å²) in [4.78, 5) is 23.3. The highest BCUT2D eigenvalue weighted by molar-refractivity contribution is 5.93. The van der Waals surface area contributed by atoms with Crippen molar-refractivity contribution < 1.29 is 9.32 Å². The number of piperidine rings is 1. The number of rotatable bonds is 3. The molecule has 4 heterocycles. The van der Waals surface area contributed by atoms with Crippen LogP contribution in [0.4, 0.5) is 10.5 Å². The lowest BCUT2D eigenvalue weighted by Crippen LogP contribution is -2.40. The Bertz CT molecular complexity index is 954. The Kier molecular flexibility index (Phi) is 4.51. The van der Waals surface area contributed by atoms with E-state index in [0.717, 1.165) is 18.7 Å². The van der Waals surface area contributed by atoms with Crippen molar-refractivity contribution in [1.82, 2.24) is 29.6 Å². The smallest absolute Gasteiger partial charge is 0.321 e. The predicted molar refractivity (Wildman–Crippen MR) is 98.7 cm³/mol. The molecule has 1 aliphatic rings. The van der Waals surface area contributed by atoms with Crippen molar-refractivity contribution >= 4 is 17.4 Å². The summed E-state index contributed by atoms with van der Waals surface area (Å²) in [5, 5.41) is 11.3. The average Bonchev–Trinajstić information content (AvgIpc) is 3.28. The van der Waals surface area contributed by atoms with Gasteiger partial charge in [-0.2, -0.15) is 10.1 Å². The van der Waals surface area contributed by atoms with Crippen molar-refractivity contribution in [2.75, 3.05) is 18.4 Å². The topological polar surface area (TPSA) is 101 Å². The molecule has 1 fully saturated rings. The predicted octanol–water partition coefficient (Wildman–Crippen LogP) is 2.96. The van der Waals surface area contributed by atoms with Crippen LogP contribution in [0, 0.1) is 6.92 Å². The summed E-state index contributed by atoms with van der Waals surface area (Å²) in [5.74, 6) is 2.54. The number of nitrogens with one attached hydrogen (secondary N) is 1. The molecule has 0 unspecified atom stereocenters. The van der Waals surface area contributed by atoms with Gasteiger partial charge in [-0.25, -0.2) is 14.3 Å². The molecule has 0 bridgehead atoms. The van der Waals surface area contributed by atoms with Gasteiger partial charge >= 0.3 is 6.03 Å². The number of nitrogens with zero attached hydrogens (tertiary/aromatic N) is 6. The Morgan fingerprint density at radius 1 is 1.30 bits per heavy atom. The standard InChI is InChI=1S/C18H23N7O2/c1-11(2)15-21-17(27-23-15)13-6-9-24(10-7-13)18(26)20-14-5-4-8-25-16(14)19-12(3)22-25/h4-5,8,11,13H,6-7,9-10H2,1-3H3,(H,20,26). The van der Waals surface area contributed by atoms with Gasteiger partial charge in [0.05, 0.1) is 5.69 Å². The Morgan fingerprint density at radius 3 is 2.78 bits per heavy atom. The molecule has 3 aromatic rings. The summed E-state index contributed by atoms with van der Waals surface area (Å²) in [6, 6.07) is 3.54. The first-order valence-electron chi connectivity index (χ1n) is 9.22. The molecule has 9 heteroatoms. The molecule has 0 radical (unpaired) electrons. The van der Waals surface area contributed by atoms with Gasteiger partial charge in [-0.3, -0.25) is 0 Å². The SMILES string of the molecule is Cc1nc2c(NC(=O)N3CCC(c4nc(C(C)C)no4)CC3)cccn2n1. The van der Waals surface area contributed by atoms with Crippen LogP contribution in [0.1, 0.15) is 56.1 Å². The lowest BCUT2D eigenvalue weighted by molar-refractivity contribution is 0.187. The van der Waals surface area contributed by atoms with E-state index >= 15 is 0 Å². The molecule has 0 atom stereocenters. The van der Waals surface area contributed by atoms with Gasteiger partial charge in [-0.1, -0.05) is 19.0 Å². The maximum absolute atomic E-state index is 12.7. The first kappa shape index (κ1) is 17.4. The first-order chi connectivity index (χ1) is 13.0. The van der Waals surface area contributed by atoms with Gasteiger partial charge in [0, 0.05) is 31.1 Å². The van der Waals surface area contributed by atoms with E-state index in [1.807, 2.05) is 44.0 Å². The molecule has 0 saturated carbocycles. The van der Waals surface area contributed by atoms with Gasteiger partial charge in [0.2, 0.25) is 5.89 Å². The number of pyridine rings is 1. The molecule has 3 aromatic heterocycles. The third-order valence-corrected chi connectivity index (χ3v) is 4.82. The molecule has 1 saturated heterocycles. The van der Waals surface area contributed by atoms with Crippen LogP contribution < -0.4 is 5.32 Å². The summed E-state index contributed by atoms with van der Waals surface area (Å²) < 4.78 is 7.07. The Balaban J connectivity index is 1.39. The number of carbonyl (C=O) groups excluding carboxylic acids is 1. The lowest BCUT2D eigenvalue weighted by Gasteiger charge is -2.30. The van der Waals surface area contributed by atoms with Crippen LogP contribution in [0.3, 0.4) is 0 Å². The van der Waals surface area contributed by atoms with Gasteiger partial charge in [0.15, 0.2) is 11.5 Å². The molecule has 1 N–H and O–H groups in total. The van der Waals surface area contributed by atoms with Gasteiger partial charge in [-0.05, 0) is 31.9 Å². The van der Waals surface area contributed by atoms with Gasteiger partial charge < -0.3 is 14.7 Å². The summed E-state index contributed by atoms with van der Waals surface area (Å²) >= 11 is 0. The number of hydrogen-bond acceptors (Lipinski definition) is 6. The molecule has 142 valence electrons. The Hall–Kier alpha value is -2.97. The minimum absolute atomic E-state index is 0.129. The van der Waals surface area contributed by atoms with Gasteiger partial charge in [0.1, 0.15) is 5.82 Å². The largest absolute Gasteiger partial charge is 0.339 e. The molecule has 0 spiro atoms. The lowest BCUT2D eigenvalue weighted by atomic mass is 9.97. The average molecular weight is 369 g/mol. The van der Waals surface area contributed by atoms with E-state index in [9.17, 15) is 4.79 Å². The highest BCUT2D eigenvalue weighted by Gasteiger charge is 2.28. The van der Waals surface area contributed by atoms with Crippen LogP contribution in [-0.2, 0) is 0 Å². The maximum Gasteiger partial charge on any atom is 0.321 e. The number of fused-ring (bicyclic) bond motifs is 1. The molecule has 9 nitrogen and oxygen atoms in total. The second kappa shape index (κ2) is 6.98. The summed E-state index contributed by atoms with van der Waals surface area (Å²) in [5.41, 5.74) is 1.30. The van der Waals surface area contributed by atoms with E-state index < -0.39 is 0 Å². The number of amides is 2. The number of likely N-dealkylation sites (tertiary alicyclic amines) is 1. The van der Waals surface area contributed by atoms with Crippen LogP contribution in [0.5, 0.6) is 0 Å². The second-order valence-corrected chi connectivity index (χ2v) is 7.19. The number of urea groups is 1. The van der Waals surface area contributed by atoms with E-state index in [1.165, 1.54) is 0 Å². The van der Waals surface area contributed by atoms with Crippen molar-refractivity contribution in [2.45, 2.75) is 45.4 Å². The highest BCUT2D eigenvalue weighted by atomic mass is 16.5. The molecule has 27 heavy (non-hydrogen) atoms. The normalized spacial score (nSPS) is 15.6. The van der Waals surface area contributed by atoms with E-state index in [-0.39, 0.29) is 17.9 Å². The monoisotopic (exact) mass is 369 g/mol. The molecule has 0 aliphatic carbocycles. The molecule has 4 rings (SSSR count). The molecular formula is C18H23N7O2. The number of anilines is 1. The molecule has 0 aromatic carbocycles. The number of hydrogen-bond donors (Lipinski definition) is 1. The second-order valence-electron chi connectivity index (χ2n) is 7.19. The fourth-order valence-electron chi connectivity index (χ4n) is 3.28.